The molecule has 0 bridgehead atoms. The molecule has 2 aromatic carbocycles. The van der Waals surface area contributed by atoms with Gasteiger partial charge in [-0.05, 0) is 23.8 Å². The Labute approximate surface area is 134 Å². The molecule has 112 valence electrons. The number of hydrogen-bond donors (Lipinski definition) is 0. The van der Waals surface area contributed by atoms with Gasteiger partial charge < -0.3 is 0 Å². The Kier molecular flexibility index (Phi) is 4.34. The molecular formula is C19H15N3O. The normalized spacial score (nSPS) is 18.4. The molecule has 4 nitrogen and oxygen atoms in total. The van der Waals surface area contributed by atoms with Crippen molar-refractivity contribution in [2.45, 2.75) is 5.54 Å². The number of nitrogens with zero attached hydrogens (tertiary/aromatic N) is 3. The molecule has 1 unspecified atom stereocenters. The van der Waals surface area contributed by atoms with Crippen molar-refractivity contribution in [2.24, 2.45) is 10.2 Å². The van der Waals surface area contributed by atoms with Crippen LogP contribution in [0.15, 0.2) is 95.4 Å². The third-order valence-electron chi connectivity index (χ3n) is 3.55. The van der Waals surface area contributed by atoms with Crippen LogP contribution in [0, 0.1) is 0 Å². The largest absolute Gasteiger partial charge is 0.300 e. The zero-order valence-corrected chi connectivity index (χ0v) is 12.4. The first kappa shape index (κ1) is 14.8. The number of hydrogen-bond acceptors (Lipinski definition) is 4. The molecule has 2 heterocycles. The zero-order valence-electron chi connectivity index (χ0n) is 12.4. The summed E-state index contributed by atoms with van der Waals surface area (Å²) in [5.41, 5.74) is 1.04. The summed E-state index contributed by atoms with van der Waals surface area (Å²) < 4.78 is 0. The minimum Gasteiger partial charge on any atom is -0.300 e. The Morgan fingerprint density at radius 3 is 2.30 bits per heavy atom. The van der Waals surface area contributed by atoms with Crippen LogP contribution in [0.2, 0.25) is 0 Å². The molecule has 1 aromatic heterocycles. The van der Waals surface area contributed by atoms with Gasteiger partial charge >= 0.3 is 0 Å². The van der Waals surface area contributed by atoms with Gasteiger partial charge in [-0.1, -0.05) is 54.6 Å². The molecule has 0 saturated carbocycles. The lowest BCUT2D eigenvalue weighted by atomic mass is 9.93. The van der Waals surface area contributed by atoms with Crippen LogP contribution in [0.1, 0.15) is 5.56 Å². The summed E-state index contributed by atoms with van der Waals surface area (Å²) in [5, 5.41) is 8.80. The van der Waals surface area contributed by atoms with Gasteiger partial charge in [-0.15, -0.1) is 0 Å². The number of aromatic nitrogens is 1. The van der Waals surface area contributed by atoms with Gasteiger partial charge in [0.05, 0.1) is 5.52 Å². The fourth-order valence-corrected chi connectivity index (χ4v) is 2.32. The second kappa shape index (κ2) is 6.75. The molecule has 0 spiro atoms. The fraction of sp³-hybridized carbons (Fsp3) is 0.0526. The first-order valence-corrected chi connectivity index (χ1v) is 7.25. The topological polar surface area (TPSA) is 54.7 Å². The third-order valence-corrected chi connectivity index (χ3v) is 3.55. The molecular weight excluding hydrogens is 286 g/mol. The summed E-state index contributed by atoms with van der Waals surface area (Å²) >= 11 is 0. The summed E-state index contributed by atoms with van der Waals surface area (Å²) in [4.78, 5) is 15.1. The van der Waals surface area contributed by atoms with Crippen LogP contribution in [0.3, 0.4) is 0 Å². The van der Waals surface area contributed by atoms with Crippen molar-refractivity contribution in [2.75, 3.05) is 0 Å². The summed E-state index contributed by atoms with van der Waals surface area (Å²) in [5.74, 6) is 0. The zero-order chi connectivity index (χ0) is 16.0. The van der Waals surface area contributed by atoms with E-state index < -0.39 is 5.54 Å². The van der Waals surface area contributed by atoms with Crippen LogP contribution in [0.4, 0.5) is 0 Å². The van der Waals surface area contributed by atoms with Crippen LogP contribution < -0.4 is 0 Å². The van der Waals surface area contributed by atoms with E-state index in [1.165, 1.54) is 5.39 Å². The second-order valence-corrected chi connectivity index (χ2v) is 5.04. The van der Waals surface area contributed by atoms with Crippen LogP contribution in [-0.2, 0) is 10.3 Å². The summed E-state index contributed by atoms with van der Waals surface area (Å²) in [6, 6.07) is 21.5. The number of carbonyl (C=O) groups excluding carboxylic acids is 1. The molecule has 1 aliphatic rings. The Balaban J connectivity index is 0.000000140. The predicted octanol–water partition coefficient (Wildman–Crippen LogP) is 4.30. The highest BCUT2D eigenvalue weighted by Gasteiger charge is 2.30. The standard InChI is InChI=1S/C10H8N2O.C9H7N/c13-8-10(6-7-11-12-10)9-4-2-1-3-5-9;1-2-6-9-8(4-1)5-3-7-10-9/h1-8H;1-7H. The van der Waals surface area contributed by atoms with E-state index in [9.17, 15) is 4.79 Å². The molecule has 4 heteroatoms. The summed E-state index contributed by atoms with van der Waals surface area (Å²) in [6.45, 7) is 0. The maximum Gasteiger partial charge on any atom is 0.182 e. The van der Waals surface area contributed by atoms with E-state index in [1.54, 1.807) is 12.3 Å². The Hall–Kier alpha value is -3.14. The summed E-state index contributed by atoms with van der Waals surface area (Å²) in [7, 11) is 0. The van der Waals surface area contributed by atoms with Crippen molar-refractivity contribution < 1.29 is 4.79 Å². The monoisotopic (exact) mass is 301 g/mol. The molecule has 0 N–H and O–H groups in total. The highest BCUT2D eigenvalue weighted by molar-refractivity contribution is 5.77. The predicted molar refractivity (Wildman–Crippen MR) is 89.9 cm³/mol. The maximum absolute atomic E-state index is 10.9. The van der Waals surface area contributed by atoms with Crippen LogP contribution in [0.5, 0.6) is 0 Å². The molecule has 0 amide bonds. The number of carbonyl (C=O) groups is 1. The number of pyridine rings is 1. The number of azo groups is 1. The lowest BCUT2D eigenvalue weighted by Gasteiger charge is -2.14. The number of fused-ring (bicyclic) bond motifs is 1. The molecule has 3 aromatic rings. The van der Waals surface area contributed by atoms with Gasteiger partial charge in [0.2, 0.25) is 0 Å². The van der Waals surface area contributed by atoms with Crippen molar-refractivity contribution in [3.63, 3.8) is 0 Å². The van der Waals surface area contributed by atoms with Crippen molar-refractivity contribution in [1.29, 1.82) is 0 Å². The molecule has 4 rings (SSSR count). The van der Waals surface area contributed by atoms with Crippen LogP contribution in [-0.4, -0.2) is 11.3 Å². The smallest absolute Gasteiger partial charge is 0.182 e. The summed E-state index contributed by atoms with van der Waals surface area (Å²) in [6.07, 6.45) is 5.84. The average Bonchev–Trinajstić information content (AvgIpc) is 3.14. The number of benzene rings is 2. The van der Waals surface area contributed by atoms with E-state index >= 15 is 0 Å². The lowest BCUT2D eigenvalue weighted by molar-refractivity contribution is -0.111. The molecule has 0 saturated heterocycles. The second-order valence-electron chi connectivity index (χ2n) is 5.04. The SMILES string of the molecule is O=CC1(c2ccccc2)C=CN=N1.c1ccc2ncccc2c1. The molecule has 23 heavy (non-hydrogen) atoms. The van der Waals surface area contributed by atoms with Gasteiger partial charge in [0, 0.05) is 17.8 Å². The quantitative estimate of drug-likeness (QED) is 0.663. The number of para-hydroxylation sites is 1. The van der Waals surface area contributed by atoms with Gasteiger partial charge in [-0.25, -0.2) is 0 Å². The molecule has 0 fully saturated rings. The highest BCUT2D eigenvalue weighted by atomic mass is 16.1. The first-order valence-electron chi connectivity index (χ1n) is 7.25. The van der Waals surface area contributed by atoms with Crippen LogP contribution >= 0.6 is 0 Å². The first-order chi connectivity index (χ1) is 11.3. The highest BCUT2D eigenvalue weighted by Crippen LogP contribution is 2.29. The van der Waals surface area contributed by atoms with Crippen LogP contribution in [0.25, 0.3) is 10.9 Å². The van der Waals surface area contributed by atoms with E-state index in [-0.39, 0.29) is 0 Å². The Morgan fingerprint density at radius 1 is 0.870 bits per heavy atom. The maximum atomic E-state index is 10.9. The van der Waals surface area contributed by atoms with E-state index in [1.807, 2.05) is 60.8 Å². The Bertz CT molecular complexity index is 779. The fourth-order valence-electron chi connectivity index (χ4n) is 2.32. The van der Waals surface area contributed by atoms with E-state index in [4.69, 9.17) is 0 Å². The Morgan fingerprint density at radius 2 is 1.61 bits per heavy atom. The van der Waals surface area contributed by atoms with E-state index in [2.05, 4.69) is 27.3 Å². The molecule has 1 aliphatic heterocycles. The van der Waals surface area contributed by atoms with Gasteiger partial charge in [-0.3, -0.25) is 9.78 Å². The molecule has 1 atom stereocenters. The van der Waals surface area contributed by atoms with Crippen molar-refractivity contribution in [3.05, 3.63) is 90.8 Å². The third kappa shape index (κ3) is 3.21. The van der Waals surface area contributed by atoms with Gasteiger partial charge in [0.25, 0.3) is 0 Å². The van der Waals surface area contributed by atoms with Crippen molar-refractivity contribution in [1.82, 2.24) is 4.98 Å². The average molecular weight is 301 g/mol. The number of aldehydes is 1. The minimum atomic E-state index is -0.874. The van der Waals surface area contributed by atoms with Gasteiger partial charge in [0.1, 0.15) is 0 Å². The van der Waals surface area contributed by atoms with Crippen molar-refractivity contribution in [3.8, 4) is 0 Å². The van der Waals surface area contributed by atoms with Gasteiger partial charge in [-0.2, -0.15) is 10.2 Å². The lowest BCUT2D eigenvalue weighted by Crippen LogP contribution is -2.20. The molecule has 0 aliphatic carbocycles. The van der Waals surface area contributed by atoms with Crippen molar-refractivity contribution >= 4 is 17.2 Å². The molecule has 0 radical (unpaired) electrons. The number of rotatable bonds is 2. The minimum absolute atomic E-state index is 0.801. The van der Waals surface area contributed by atoms with E-state index in [0.29, 0.717) is 0 Å². The van der Waals surface area contributed by atoms with E-state index in [0.717, 1.165) is 17.4 Å². The van der Waals surface area contributed by atoms with Gasteiger partial charge in [0.15, 0.2) is 11.8 Å².